The van der Waals surface area contributed by atoms with Gasteiger partial charge in [-0.1, -0.05) is 11.6 Å². The molecule has 4 aromatic rings. The van der Waals surface area contributed by atoms with Crippen LogP contribution in [-0.2, 0) is 11.6 Å². The van der Waals surface area contributed by atoms with E-state index in [1.807, 2.05) is 0 Å². The van der Waals surface area contributed by atoms with Crippen LogP contribution in [-0.4, -0.2) is 38.3 Å². The second-order valence-corrected chi connectivity index (χ2v) is 8.78. The van der Waals surface area contributed by atoms with Gasteiger partial charge in [0.1, 0.15) is 16.4 Å². The highest BCUT2D eigenvalue weighted by atomic mass is 35.5. The number of rotatable bonds is 3. The number of alkyl halides is 3. The van der Waals surface area contributed by atoms with Gasteiger partial charge in [0.05, 0.1) is 29.9 Å². The molecular formula is C24H16ClF4N5O2. The average Bonchev–Trinajstić information content (AvgIpc) is 3.51. The van der Waals surface area contributed by atoms with E-state index in [2.05, 4.69) is 16.0 Å². The van der Waals surface area contributed by atoms with E-state index in [1.165, 1.54) is 48.0 Å². The lowest BCUT2D eigenvalue weighted by atomic mass is 9.76. The summed E-state index contributed by atoms with van der Waals surface area (Å²) in [5.41, 5.74) is -2.57. The summed E-state index contributed by atoms with van der Waals surface area (Å²) >= 11 is 6.38. The van der Waals surface area contributed by atoms with Gasteiger partial charge >= 0.3 is 6.18 Å². The van der Waals surface area contributed by atoms with Crippen LogP contribution in [0.5, 0.6) is 0 Å². The molecule has 12 heteroatoms. The molecule has 0 aliphatic carbocycles. The lowest BCUT2D eigenvalue weighted by Crippen LogP contribution is -2.45. The number of amides is 1. The zero-order valence-corrected chi connectivity index (χ0v) is 19.1. The van der Waals surface area contributed by atoms with Crippen molar-refractivity contribution in [2.45, 2.75) is 24.4 Å². The molecule has 0 atom stereocenters. The summed E-state index contributed by atoms with van der Waals surface area (Å²) < 4.78 is 62.0. The van der Waals surface area contributed by atoms with Crippen molar-refractivity contribution in [3.8, 4) is 17.2 Å². The van der Waals surface area contributed by atoms with Crippen molar-refractivity contribution >= 4 is 23.2 Å². The number of piperidine rings is 1. The molecule has 1 aliphatic rings. The monoisotopic (exact) mass is 517 g/mol. The summed E-state index contributed by atoms with van der Waals surface area (Å²) in [5, 5.41) is 9.52. The van der Waals surface area contributed by atoms with Gasteiger partial charge in [-0.2, -0.15) is 18.4 Å². The van der Waals surface area contributed by atoms with Gasteiger partial charge < -0.3 is 9.32 Å². The molecule has 0 spiro atoms. The molecule has 5 rings (SSSR count). The zero-order valence-electron chi connectivity index (χ0n) is 18.4. The zero-order chi connectivity index (χ0) is 25.7. The number of fused-ring (bicyclic) bond motifs is 1. The fraction of sp³-hybridized carbons (Fsp3) is 0.250. The SMILES string of the molecule is N#CC1(c2ncccc2F)CCN(C(=O)c2nc3c(C(F)(F)F)cc(-c4ccoc4)cn3c2Cl)CC1. The van der Waals surface area contributed by atoms with E-state index in [4.69, 9.17) is 16.0 Å². The third-order valence-corrected chi connectivity index (χ3v) is 6.72. The number of imidazole rings is 1. The Kier molecular flexibility index (Phi) is 5.71. The lowest BCUT2D eigenvalue weighted by molar-refractivity contribution is -0.136. The maximum Gasteiger partial charge on any atom is 0.420 e. The van der Waals surface area contributed by atoms with Crippen LogP contribution in [0.4, 0.5) is 17.6 Å². The minimum atomic E-state index is -4.76. The number of hydrogen-bond donors (Lipinski definition) is 0. The van der Waals surface area contributed by atoms with E-state index in [-0.39, 0.29) is 48.0 Å². The van der Waals surface area contributed by atoms with Crippen LogP contribution in [0.15, 0.2) is 53.6 Å². The minimum Gasteiger partial charge on any atom is -0.472 e. The predicted octanol–water partition coefficient (Wildman–Crippen LogP) is 5.50. The number of pyridine rings is 2. The van der Waals surface area contributed by atoms with Crippen LogP contribution in [0.2, 0.25) is 5.15 Å². The Morgan fingerprint density at radius 1 is 1.22 bits per heavy atom. The van der Waals surface area contributed by atoms with Crippen molar-refractivity contribution < 1.29 is 26.8 Å². The molecule has 0 saturated carbocycles. The highest BCUT2D eigenvalue weighted by molar-refractivity contribution is 6.33. The summed E-state index contributed by atoms with van der Waals surface area (Å²) in [6.45, 7) is 0.0814. The topological polar surface area (TPSA) is 87.4 Å². The van der Waals surface area contributed by atoms with Gasteiger partial charge in [-0.15, -0.1) is 0 Å². The van der Waals surface area contributed by atoms with Crippen molar-refractivity contribution in [2.75, 3.05) is 13.1 Å². The van der Waals surface area contributed by atoms with Crippen LogP contribution in [0.1, 0.15) is 34.6 Å². The number of halogens is 5. The molecule has 4 aromatic heterocycles. The largest absolute Gasteiger partial charge is 0.472 e. The molecular weight excluding hydrogens is 502 g/mol. The molecule has 1 fully saturated rings. The normalized spacial score (nSPS) is 15.7. The number of carbonyl (C=O) groups is 1. The van der Waals surface area contributed by atoms with Crippen LogP contribution >= 0.6 is 11.6 Å². The fourth-order valence-corrected chi connectivity index (χ4v) is 4.68. The summed E-state index contributed by atoms with van der Waals surface area (Å²) in [5.74, 6) is -1.30. The summed E-state index contributed by atoms with van der Waals surface area (Å²) in [6, 6.07) is 7.18. The number of nitrogens with zero attached hydrogens (tertiary/aromatic N) is 5. The lowest BCUT2D eigenvalue weighted by Gasteiger charge is -2.36. The van der Waals surface area contributed by atoms with E-state index < -0.39 is 34.5 Å². The number of carbonyl (C=O) groups excluding carboxylic acids is 1. The number of nitriles is 1. The van der Waals surface area contributed by atoms with E-state index in [0.29, 0.717) is 5.56 Å². The fourth-order valence-electron chi connectivity index (χ4n) is 4.43. The molecule has 36 heavy (non-hydrogen) atoms. The van der Waals surface area contributed by atoms with Gasteiger partial charge in [-0.05, 0) is 37.1 Å². The van der Waals surface area contributed by atoms with Crippen molar-refractivity contribution in [1.29, 1.82) is 5.26 Å². The molecule has 1 amide bonds. The highest BCUT2D eigenvalue weighted by Crippen LogP contribution is 2.39. The number of hydrogen-bond acceptors (Lipinski definition) is 5. The second-order valence-electron chi connectivity index (χ2n) is 8.42. The molecule has 5 heterocycles. The van der Waals surface area contributed by atoms with Crippen LogP contribution in [0.25, 0.3) is 16.8 Å². The van der Waals surface area contributed by atoms with E-state index in [0.717, 1.165) is 10.5 Å². The molecule has 0 radical (unpaired) electrons. The van der Waals surface area contributed by atoms with Crippen molar-refractivity contribution in [3.63, 3.8) is 0 Å². The first-order chi connectivity index (χ1) is 17.1. The maximum atomic E-state index is 14.3. The van der Waals surface area contributed by atoms with Crippen LogP contribution in [0.3, 0.4) is 0 Å². The van der Waals surface area contributed by atoms with E-state index in [1.54, 1.807) is 0 Å². The Morgan fingerprint density at radius 3 is 2.58 bits per heavy atom. The van der Waals surface area contributed by atoms with Crippen LogP contribution in [0, 0.1) is 17.1 Å². The van der Waals surface area contributed by atoms with E-state index >= 15 is 0 Å². The first kappa shape index (κ1) is 23.8. The molecule has 0 bridgehead atoms. The number of furan rings is 1. The molecule has 0 N–H and O–H groups in total. The molecule has 7 nitrogen and oxygen atoms in total. The Balaban J connectivity index is 1.49. The quantitative estimate of drug-likeness (QED) is 0.335. The number of aromatic nitrogens is 3. The first-order valence-electron chi connectivity index (χ1n) is 10.8. The summed E-state index contributed by atoms with van der Waals surface area (Å²) in [7, 11) is 0. The molecule has 0 aromatic carbocycles. The molecule has 184 valence electrons. The standard InChI is InChI=1S/C24H16ClF4N5O2/c25-20-18(22(35)33-7-4-23(13-30,5-8-33)19-17(26)2-1-6-31-19)32-21-16(24(27,28)29)10-15(11-34(20)21)14-3-9-36-12-14/h1-3,6,9-12H,4-5,7-8H2. The third-order valence-electron chi connectivity index (χ3n) is 6.35. The molecule has 1 aliphatic heterocycles. The van der Waals surface area contributed by atoms with Gasteiger partial charge in [0.15, 0.2) is 11.3 Å². The van der Waals surface area contributed by atoms with Gasteiger partial charge in [0.2, 0.25) is 0 Å². The Hall–Kier alpha value is -3.91. The Morgan fingerprint density at radius 2 is 1.97 bits per heavy atom. The molecule has 1 saturated heterocycles. The van der Waals surface area contributed by atoms with Crippen molar-refractivity contribution in [1.82, 2.24) is 19.3 Å². The first-order valence-corrected chi connectivity index (χ1v) is 11.2. The summed E-state index contributed by atoms with van der Waals surface area (Å²) in [6.07, 6.45) is 0.771. The third kappa shape index (κ3) is 3.87. The van der Waals surface area contributed by atoms with Crippen molar-refractivity contribution in [3.05, 3.63) is 77.1 Å². The smallest absolute Gasteiger partial charge is 0.420 e. The average molecular weight is 518 g/mol. The van der Waals surface area contributed by atoms with Crippen LogP contribution < -0.4 is 0 Å². The van der Waals surface area contributed by atoms with Gasteiger partial charge in [0.25, 0.3) is 5.91 Å². The Bertz CT molecular complexity index is 1500. The van der Waals surface area contributed by atoms with Crippen molar-refractivity contribution in [2.24, 2.45) is 0 Å². The Labute approximate surface area is 206 Å². The van der Waals surface area contributed by atoms with Gasteiger partial charge in [-0.25, -0.2) is 9.37 Å². The summed E-state index contributed by atoms with van der Waals surface area (Å²) in [4.78, 5) is 22.6. The van der Waals surface area contributed by atoms with Gasteiger partial charge in [0, 0.05) is 36.6 Å². The second kappa shape index (κ2) is 8.64. The minimum absolute atomic E-state index is 0.00644. The highest BCUT2D eigenvalue weighted by Gasteiger charge is 2.42. The molecule has 0 unspecified atom stereocenters. The number of likely N-dealkylation sites (tertiary alicyclic amines) is 1. The maximum absolute atomic E-state index is 14.3. The van der Waals surface area contributed by atoms with Gasteiger partial charge in [-0.3, -0.25) is 14.2 Å². The van der Waals surface area contributed by atoms with E-state index in [9.17, 15) is 27.6 Å². The predicted molar refractivity (Wildman–Crippen MR) is 120 cm³/mol.